The van der Waals surface area contributed by atoms with Crippen LogP contribution in [0.3, 0.4) is 0 Å². The molecule has 0 unspecified atom stereocenters. The van der Waals surface area contributed by atoms with E-state index < -0.39 is 10.9 Å². The second kappa shape index (κ2) is 7.36. The first-order chi connectivity index (χ1) is 12.9. The zero-order valence-electron chi connectivity index (χ0n) is 14.6. The number of hydrogen-bond donors (Lipinski definition) is 1. The number of benzene rings is 1. The zero-order chi connectivity index (χ0) is 19.6. The number of carbonyl (C=O) groups is 1. The second-order valence-electron chi connectivity index (χ2n) is 5.74. The minimum Gasteiger partial charge on any atom is -0.465 e. The van der Waals surface area contributed by atoms with Crippen molar-refractivity contribution in [3.05, 3.63) is 57.8 Å². The largest absolute Gasteiger partial charge is 0.465 e. The number of carbonyl (C=O) groups excluding carboxylic acids is 1. The molecule has 0 atom stereocenters. The number of nitrogens with zero attached hydrogens (tertiary/aromatic N) is 4. The van der Waals surface area contributed by atoms with Crippen molar-refractivity contribution in [2.45, 2.75) is 6.42 Å². The third kappa shape index (κ3) is 3.68. The third-order valence-corrected chi connectivity index (χ3v) is 4.06. The van der Waals surface area contributed by atoms with Crippen LogP contribution in [0.2, 0.25) is 0 Å². The Morgan fingerprint density at radius 1 is 1.41 bits per heavy atom. The molecular formula is C17H16FN5O4. The van der Waals surface area contributed by atoms with E-state index in [1.807, 2.05) is 0 Å². The molecule has 0 bridgehead atoms. The SMILES string of the molecule is COC(=O)c1cnc(NCCc2nc3ccc(F)cc3n2C)c([N+](=O)[O-])c1. The van der Waals surface area contributed by atoms with Crippen molar-refractivity contribution < 1.29 is 18.8 Å². The van der Waals surface area contributed by atoms with Crippen molar-refractivity contribution in [3.63, 3.8) is 0 Å². The van der Waals surface area contributed by atoms with Gasteiger partial charge >= 0.3 is 11.7 Å². The van der Waals surface area contributed by atoms with Crippen LogP contribution in [-0.4, -0.2) is 39.1 Å². The van der Waals surface area contributed by atoms with E-state index in [9.17, 15) is 19.3 Å². The Hall–Kier alpha value is -3.56. The molecule has 0 radical (unpaired) electrons. The van der Waals surface area contributed by atoms with E-state index in [1.54, 1.807) is 17.7 Å². The monoisotopic (exact) mass is 373 g/mol. The highest BCUT2D eigenvalue weighted by molar-refractivity contribution is 5.90. The maximum Gasteiger partial charge on any atom is 0.339 e. The molecule has 140 valence electrons. The van der Waals surface area contributed by atoms with Gasteiger partial charge in [-0.15, -0.1) is 0 Å². The van der Waals surface area contributed by atoms with Crippen molar-refractivity contribution in [1.82, 2.24) is 14.5 Å². The predicted molar refractivity (Wildman–Crippen MR) is 95.1 cm³/mol. The molecule has 0 saturated heterocycles. The molecule has 0 aliphatic heterocycles. The number of nitro groups is 1. The van der Waals surface area contributed by atoms with Crippen LogP contribution in [-0.2, 0) is 18.2 Å². The summed E-state index contributed by atoms with van der Waals surface area (Å²) in [7, 11) is 2.96. The van der Waals surface area contributed by atoms with Gasteiger partial charge < -0.3 is 14.6 Å². The Balaban J connectivity index is 1.76. The van der Waals surface area contributed by atoms with Gasteiger partial charge in [-0.2, -0.15) is 0 Å². The molecular weight excluding hydrogens is 357 g/mol. The van der Waals surface area contributed by atoms with Crippen LogP contribution in [0.5, 0.6) is 0 Å². The molecule has 1 aromatic carbocycles. The molecule has 3 rings (SSSR count). The van der Waals surface area contributed by atoms with Gasteiger partial charge in [-0.3, -0.25) is 10.1 Å². The van der Waals surface area contributed by atoms with Crippen LogP contribution >= 0.6 is 0 Å². The summed E-state index contributed by atoms with van der Waals surface area (Å²) in [6.07, 6.45) is 1.64. The molecule has 27 heavy (non-hydrogen) atoms. The van der Waals surface area contributed by atoms with Crippen molar-refractivity contribution in [1.29, 1.82) is 0 Å². The highest BCUT2D eigenvalue weighted by atomic mass is 19.1. The molecule has 10 heteroatoms. The van der Waals surface area contributed by atoms with Gasteiger partial charge in [0, 0.05) is 32.3 Å². The first kappa shape index (κ1) is 18.2. The lowest BCUT2D eigenvalue weighted by Gasteiger charge is -2.07. The summed E-state index contributed by atoms with van der Waals surface area (Å²) in [6.45, 7) is 0.311. The van der Waals surface area contributed by atoms with E-state index in [2.05, 4.69) is 20.0 Å². The summed E-state index contributed by atoms with van der Waals surface area (Å²) in [5, 5.41) is 14.1. The Labute approximate surface area is 152 Å². The highest BCUT2D eigenvalue weighted by Crippen LogP contribution is 2.23. The average molecular weight is 373 g/mol. The summed E-state index contributed by atoms with van der Waals surface area (Å²) in [5.74, 6) is -0.320. The predicted octanol–water partition coefficient (Wildman–Crippen LogP) is 2.46. The fourth-order valence-electron chi connectivity index (χ4n) is 2.69. The molecule has 0 saturated carbocycles. The van der Waals surface area contributed by atoms with Crippen molar-refractivity contribution in [2.24, 2.45) is 7.05 Å². The van der Waals surface area contributed by atoms with Gasteiger partial charge in [-0.25, -0.2) is 19.2 Å². The molecule has 0 aliphatic rings. The van der Waals surface area contributed by atoms with E-state index in [-0.39, 0.29) is 22.9 Å². The van der Waals surface area contributed by atoms with Crippen molar-refractivity contribution in [3.8, 4) is 0 Å². The molecule has 0 spiro atoms. The Kier molecular flexibility index (Phi) is 4.97. The number of hydrogen-bond acceptors (Lipinski definition) is 7. The molecule has 9 nitrogen and oxygen atoms in total. The minimum absolute atomic E-state index is 0.00729. The quantitative estimate of drug-likeness (QED) is 0.401. The van der Waals surface area contributed by atoms with Crippen LogP contribution < -0.4 is 5.32 Å². The van der Waals surface area contributed by atoms with Crippen LogP contribution in [0, 0.1) is 15.9 Å². The average Bonchev–Trinajstić information content (AvgIpc) is 2.96. The smallest absolute Gasteiger partial charge is 0.339 e. The maximum absolute atomic E-state index is 13.4. The topological polar surface area (TPSA) is 112 Å². The van der Waals surface area contributed by atoms with E-state index >= 15 is 0 Å². The number of pyridine rings is 1. The number of rotatable bonds is 6. The molecule has 3 aromatic rings. The Morgan fingerprint density at radius 3 is 2.89 bits per heavy atom. The molecule has 1 N–H and O–H groups in total. The number of aryl methyl sites for hydroxylation is 1. The van der Waals surface area contributed by atoms with Gasteiger partial charge in [0.05, 0.1) is 28.6 Å². The summed E-state index contributed by atoms with van der Waals surface area (Å²) >= 11 is 0. The highest BCUT2D eigenvalue weighted by Gasteiger charge is 2.19. The minimum atomic E-state index is -0.705. The number of halogens is 1. The van der Waals surface area contributed by atoms with Crippen LogP contribution in [0.15, 0.2) is 30.5 Å². The van der Waals surface area contributed by atoms with E-state index in [0.29, 0.717) is 29.8 Å². The van der Waals surface area contributed by atoms with E-state index in [0.717, 1.165) is 6.07 Å². The number of esters is 1. The molecule has 0 amide bonds. The maximum atomic E-state index is 13.4. The molecule has 0 fully saturated rings. The summed E-state index contributed by atoms with van der Waals surface area (Å²) < 4.78 is 19.7. The normalized spacial score (nSPS) is 10.8. The van der Waals surface area contributed by atoms with Crippen LogP contribution in [0.4, 0.5) is 15.9 Å². The van der Waals surface area contributed by atoms with E-state index in [1.165, 1.54) is 25.4 Å². The van der Waals surface area contributed by atoms with Gasteiger partial charge in [0.25, 0.3) is 0 Å². The lowest BCUT2D eigenvalue weighted by molar-refractivity contribution is -0.384. The van der Waals surface area contributed by atoms with Gasteiger partial charge in [-0.1, -0.05) is 0 Å². The Bertz CT molecular complexity index is 1030. The summed E-state index contributed by atoms with van der Waals surface area (Å²) in [4.78, 5) is 30.5. The number of imidazole rings is 1. The number of methoxy groups -OCH3 is 1. The number of nitrogens with one attached hydrogen (secondary N) is 1. The number of anilines is 1. The summed E-state index contributed by atoms with van der Waals surface area (Å²) in [5.41, 5.74) is 0.995. The van der Waals surface area contributed by atoms with Gasteiger partial charge in [0.15, 0.2) is 0 Å². The molecule has 0 aliphatic carbocycles. The standard InChI is InChI=1S/C17H16FN5O4/c1-22-13-8-11(18)3-4-12(13)21-15(22)5-6-19-16-14(23(25)26)7-10(9-20-16)17(24)27-2/h3-4,7-9H,5-6H2,1-2H3,(H,19,20). The fourth-order valence-corrected chi connectivity index (χ4v) is 2.69. The first-order valence-electron chi connectivity index (χ1n) is 7.98. The molecule has 2 heterocycles. The second-order valence-corrected chi connectivity index (χ2v) is 5.74. The fraction of sp³-hybridized carbons (Fsp3) is 0.235. The van der Waals surface area contributed by atoms with Gasteiger partial charge in [-0.05, 0) is 18.2 Å². The van der Waals surface area contributed by atoms with Crippen LogP contribution in [0.1, 0.15) is 16.2 Å². The zero-order valence-corrected chi connectivity index (χ0v) is 14.6. The number of ether oxygens (including phenoxy) is 1. The van der Waals surface area contributed by atoms with Crippen molar-refractivity contribution in [2.75, 3.05) is 19.0 Å². The number of aromatic nitrogens is 3. The van der Waals surface area contributed by atoms with Gasteiger partial charge in [0.1, 0.15) is 11.6 Å². The van der Waals surface area contributed by atoms with Gasteiger partial charge in [0.2, 0.25) is 5.82 Å². The number of fused-ring (bicyclic) bond motifs is 1. The Morgan fingerprint density at radius 2 is 2.19 bits per heavy atom. The van der Waals surface area contributed by atoms with E-state index in [4.69, 9.17) is 0 Å². The summed E-state index contributed by atoms with van der Waals surface area (Å²) in [6, 6.07) is 5.45. The lowest BCUT2D eigenvalue weighted by Crippen LogP contribution is -2.12. The third-order valence-electron chi connectivity index (χ3n) is 4.06. The lowest BCUT2D eigenvalue weighted by atomic mass is 10.2. The molecule has 2 aromatic heterocycles. The first-order valence-corrected chi connectivity index (χ1v) is 7.98. The van der Waals surface area contributed by atoms with Crippen LogP contribution in [0.25, 0.3) is 11.0 Å². The van der Waals surface area contributed by atoms with Crippen molar-refractivity contribution >= 4 is 28.5 Å².